The van der Waals surface area contributed by atoms with Crippen molar-refractivity contribution in [3.05, 3.63) is 82.4 Å². The predicted octanol–water partition coefficient (Wildman–Crippen LogP) is 6.39. The van der Waals surface area contributed by atoms with Crippen LogP contribution in [0, 0.1) is 0 Å². The zero-order chi connectivity index (χ0) is 19.7. The zero-order valence-electron chi connectivity index (χ0n) is 16.9. The van der Waals surface area contributed by atoms with Crippen molar-refractivity contribution < 1.29 is 0 Å². The van der Waals surface area contributed by atoms with Gasteiger partial charge in [-0.2, -0.15) is 0 Å². The highest BCUT2D eigenvalue weighted by molar-refractivity contribution is 6.30. The van der Waals surface area contributed by atoms with E-state index in [1.165, 1.54) is 39.2 Å². The van der Waals surface area contributed by atoms with Crippen molar-refractivity contribution >= 4 is 23.0 Å². The van der Waals surface area contributed by atoms with Gasteiger partial charge in [-0.05, 0) is 84.5 Å². The number of nitrogens with zero attached hydrogens (tertiary/aromatic N) is 2. The van der Waals surface area contributed by atoms with Crippen molar-refractivity contribution in [1.29, 1.82) is 0 Å². The lowest BCUT2D eigenvalue weighted by Crippen LogP contribution is -2.21. The molecule has 28 heavy (non-hydrogen) atoms. The van der Waals surface area contributed by atoms with Gasteiger partial charge in [0.1, 0.15) is 0 Å². The lowest BCUT2D eigenvalue weighted by atomic mass is 10.0. The van der Waals surface area contributed by atoms with Crippen molar-refractivity contribution in [1.82, 2.24) is 0 Å². The molecule has 0 spiro atoms. The Morgan fingerprint density at radius 3 is 1.96 bits per heavy atom. The molecule has 0 radical (unpaired) electrons. The number of benzene rings is 3. The van der Waals surface area contributed by atoms with Crippen LogP contribution in [0.5, 0.6) is 0 Å². The Kier molecular flexibility index (Phi) is 5.32. The summed E-state index contributed by atoms with van der Waals surface area (Å²) in [6.45, 7) is 7.36. The summed E-state index contributed by atoms with van der Waals surface area (Å²) in [5, 5.41) is 0.782. The second-order valence-corrected chi connectivity index (χ2v) is 7.95. The fraction of sp³-hybridized carbons (Fsp3) is 0.280. The third-order valence-corrected chi connectivity index (χ3v) is 6.01. The summed E-state index contributed by atoms with van der Waals surface area (Å²) in [7, 11) is 2.15. The van der Waals surface area contributed by atoms with Crippen molar-refractivity contribution in [2.45, 2.75) is 26.8 Å². The number of anilines is 2. The van der Waals surface area contributed by atoms with Gasteiger partial charge >= 0.3 is 0 Å². The number of halogens is 1. The SMILES string of the molecule is CCN(CC)c1ccc2c(c1)-c1cc(N(C)Cc3ccc(Cl)cc3)ccc1C2. The fourth-order valence-corrected chi connectivity index (χ4v) is 4.25. The lowest BCUT2D eigenvalue weighted by Gasteiger charge is -2.22. The van der Waals surface area contributed by atoms with E-state index in [-0.39, 0.29) is 0 Å². The smallest absolute Gasteiger partial charge is 0.0426 e. The molecule has 0 atom stereocenters. The van der Waals surface area contributed by atoms with Gasteiger partial charge in [0.2, 0.25) is 0 Å². The normalized spacial score (nSPS) is 11.9. The van der Waals surface area contributed by atoms with Crippen molar-refractivity contribution in [2.24, 2.45) is 0 Å². The van der Waals surface area contributed by atoms with Crippen LogP contribution >= 0.6 is 11.6 Å². The van der Waals surface area contributed by atoms with Crippen LogP contribution in [0.25, 0.3) is 11.1 Å². The molecule has 0 unspecified atom stereocenters. The Bertz CT molecular complexity index is 974. The van der Waals surface area contributed by atoms with Crippen LogP contribution in [0.3, 0.4) is 0 Å². The Hall–Kier alpha value is -2.45. The van der Waals surface area contributed by atoms with Gasteiger partial charge in [-0.1, -0.05) is 35.9 Å². The number of rotatable bonds is 6. The summed E-state index contributed by atoms with van der Waals surface area (Å²) in [5.74, 6) is 0. The first kappa shape index (κ1) is 18.9. The summed E-state index contributed by atoms with van der Waals surface area (Å²) in [5.41, 5.74) is 9.45. The Labute approximate surface area is 173 Å². The van der Waals surface area contributed by atoms with Crippen LogP contribution in [-0.2, 0) is 13.0 Å². The first-order valence-corrected chi connectivity index (χ1v) is 10.4. The average molecular weight is 391 g/mol. The molecule has 0 aliphatic heterocycles. The molecule has 0 heterocycles. The standard InChI is InChI=1S/C25H27ClN2/c1-4-28(5-2)23-13-9-20-14-19-8-12-22(15-24(19)25(20)16-23)27(3)17-18-6-10-21(26)11-7-18/h6-13,15-16H,4-5,14,17H2,1-3H3. The quantitative estimate of drug-likeness (QED) is 0.376. The van der Waals surface area contributed by atoms with Gasteiger partial charge in [-0.15, -0.1) is 0 Å². The summed E-state index contributed by atoms with van der Waals surface area (Å²) < 4.78 is 0. The van der Waals surface area contributed by atoms with Crippen molar-refractivity contribution in [3.8, 4) is 11.1 Å². The van der Waals surface area contributed by atoms with Gasteiger partial charge in [-0.3, -0.25) is 0 Å². The minimum Gasteiger partial charge on any atom is -0.372 e. The molecular weight excluding hydrogens is 364 g/mol. The van der Waals surface area contributed by atoms with Gasteiger partial charge in [0.25, 0.3) is 0 Å². The number of hydrogen-bond acceptors (Lipinski definition) is 2. The molecule has 0 saturated heterocycles. The largest absolute Gasteiger partial charge is 0.372 e. The van der Waals surface area contributed by atoms with E-state index in [4.69, 9.17) is 11.6 Å². The van der Waals surface area contributed by atoms with Crippen LogP contribution in [0.2, 0.25) is 5.02 Å². The molecule has 3 aromatic rings. The van der Waals surface area contributed by atoms with Gasteiger partial charge in [0.15, 0.2) is 0 Å². The van der Waals surface area contributed by atoms with E-state index in [0.29, 0.717) is 0 Å². The Balaban J connectivity index is 1.63. The highest BCUT2D eigenvalue weighted by Gasteiger charge is 2.20. The second-order valence-electron chi connectivity index (χ2n) is 7.51. The maximum Gasteiger partial charge on any atom is 0.0426 e. The molecular formula is C25H27ClN2. The topological polar surface area (TPSA) is 6.48 Å². The third-order valence-electron chi connectivity index (χ3n) is 5.76. The van der Waals surface area contributed by atoms with Crippen molar-refractivity contribution in [2.75, 3.05) is 29.9 Å². The molecule has 0 fully saturated rings. The minimum atomic E-state index is 0.782. The first-order chi connectivity index (χ1) is 13.6. The summed E-state index contributed by atoms with van der Waals surface area (Å²) in [6.07, 6.45) is 1.03. The fourth-order valence-electron chi connectivity index (χ4n) is 4.12. The molecule has 0 saturated carbocycles. The molecule has 1 aliphatic carbocycles. The highest BCUT2D eigenvalue weighted by Crippen LogP contribution is 2.40. The minimum absolute atomic E-state index is 0.782. The van der Waals surface area contributed by atoms with Gasteiger partial charge in [0.05, 0.1) is 0 Å². The predicted molar refractivity (Wildman–Crippen MR) is 122 cm³/mol. The molecule has 0 N–H and O–H groups in total. The van der Waals surface area contributed by atoms with E-state index in [0.717, 1.165) is 31.1 Å². The molecule has 3 aromatic carbocycles. The number of hydrogen-bond donors (Lipinski definition) is 0. The molecule has 1 aliphatic rings. The molecule has 0 bridgehead atoms. The van der Waals surface area contributed by atoms with Gasteiger partial charge in [-0.25, -0.2) is 0 Å². The molecule has 2 nitrogen and oxygen atoms in total. The summed E-state index contributed by atoms with van der Waals surface area (Å²) in [4.78, 5) is 4.71. The van der Waals surface area contributed by atoms with E-state index >= 15 is 0 Å². The van der Waals surface area contributed by atoms with Crippen LogP contribution in [0.1, 0.15) is 30.5 Å². The molecule has 0 aromatic heterocycles. The molecule has 3 heteroatoms. The molecule has 0 amide bonds. The Morgan fingerprint density at radius 2 is 1.36 bits per heavy atom. The van der Waals surface area contributed by atoms with E-state index in [1.54, 1.807) is 0 Å². The van der Waals surface area contributed by atoms with Crippen LogP contribution < -0.4 is 9.80 Å². The van der Waals surface area contributed by atoms with E-state index in [9.17, 15) is 0 Å². The average Bonchev–Trinajstić information content (AvgIpc) is 3.08. The van der Waals surface area contributed by atoms with E-state index in [2.05, 4.69) is 79.2 Å². The first-order valence-electron chi connectivity index (χ1n) is 10.1. The van der Waals surface area contributed by atoms with Crippen LogP contribution in [-0.4, -0.2) is 20.1 Å². The van der Waals surface area contributed by atoms with Crippen LogP contribution in [0.4, 0.5) is 11.4 Å². The van der Waals surface area contributed by atoms with Crippen LogP contribution in [0.15, 0.2) is 60.7 Å². The summed E-state index contributed by atoms with van der Waals surface area (Å²) >= 11 is 6.02. The third kappa shape index (κ3) is 3.62. The monoisotopic (exact) mass is 390 g/mol. The second kappa shape index (κ2) is 7.89. The molecule has 4 rings (SSSR count). The lowest BCUT2D eigenvalue weighted by molar-refractivity contribution is 0.866. The number of fused-ring (bicyclic) bond motifs is 3. The van der Waals surface area contributed by atoms with Gasteiger partial charge < -0.3 is 9.80 Å². The molecule has 144 valence electrons. The maximum absolute atomic E-state index is 6.02. The Morgan fingerprint density at radius 1 is 0.786 bits per heavy atom. The summed E-state index contributed by atoms with van der Waals surface area (Å²) in [6, 6.07) is 21.9. The van der Waals surface area contributed by atoms with Crippen molar-refractivity contribution in [3.63, 3.8) is 0 Å². The highest BCUT2D eigenvalue weighted by atomic mass is 35.5. The van der Waals surface area contributed by atoms with E-state index < -0.39 is 0 Å². The van der Waals surface area contributed by atoms with E-state index in [1.807, 2.05) is 12.1 Å². The maximum atomic E-state index is 6.02. The zero-order valence-corrected chi connectivity index (χ0v) is 17.6. The van der Waals surface area contributed by atoms with Gasteiger partial charge in [0, 0.05) is 43.1 Å².